The number of esters is 1. The molecule has 1 aliphatic rings. The average molecular weight is 232 g/mol. The zero-order chi connectivity index (χ0) is 12.3. The maximum Gasteiger partial charge on any atom is 0.324 e. The van der Waals surface area contributed by atoms with E-state index in [1.807, 2.05) is 30.3 Å². The fraction of sp³-hybridized carbons (Fsp3) is 0.429. The number of ketones is 1. The van der Waals surface area contributed by atoms with Crippen molar-refractivity contribution in [3.63, 3.8) is 0 Å². The van der Waals surface area contributed by atoms with Gasteiger partial charge in [0.25, 0.3) is 0 Å². The van der Waals surface area contributed by atoms with Gasteiger partial charge in [0, 0.05) is 6.42 Å². The van der Waals surface area contributed by atoms with Crippen LogP contribution in [0, 0.1) is 0 Å². The third-order valence-electron chi connectivity index (χ3n) is 3.32. The van der Waals surface area contributed by atoms with Crippen LogP contribution < -0.4 is 0 Å². The van der Waals surface area contributed by atoms with E-state index in [-0.39, 0.29) is 5.78 Å². The molecular formula is C14H16O3. The molecule has 17 heavy (non-hydrogen) atoms. The number of carbonyl (C=O) groups excluding carboxylic acids is 2. The van der Waals surface area contributed by atoms with Crippen LogP contribution in [0.25, 0.3) is 0 Å². The van der Waals surface area contributed by atoms with Crippen molar-refractivity contribution >= 4 is 11.8 Å². The normalized spacial score (nSPS) is 23.7. The van der Waals surface area contributed by atoms with Gasteiger partial charge in [0.05, 0.1) is 6.61 Å². The minimum Gasteiger partial charge on any atom is -0.465 e. The Bertz CT molecular complexity index is 424. The second-order valence-electron chi connectivity index (χ2n) is 4.27. The molecule has 0 N–H and O–H groups in total. The molecule has 1 aliphatic carbocycles. The summed E-state index contributed by atoms with van der Waals surface area (Å²) in [5.41, 5.74) is -0.280. The smallest absolute Gasteiger partial charge is 0.324 e. The molecule has 0 radical (unpaired) electrons. The third-order valence-corrected chi connectivity index (χ3v) is 3.32. The first kappa shape index (κ1) is 11.8. The van der Waals surface area contributed by atoms with Crippen molar-refractivity contribution in [3.05, 3.63) is 35.9 Å². The maximum absolute atomic E-state index is 12.1. The quantitative estimate of drug-likeness (QED) is 0.593. The maximum atomic E-state index is 12.1. The highest BCUT2D eigenvalue weighted by molar-refractivity contribution is 6.11. The van der Waals surface area contributed by atoms with Crippen molar-refractivity contribution in [2.75, 3.05) is 6.61 Å². The van der Waals surface area contributed by atoms with Crippen LogP contribution in [-0.2, 0) is 19.7 Å². The molecule has 1 saturated carbocycles. The van der Waals surface area contributed by atoms with E-state index in [1.165, 1.54) is 0 Å². The van der Waals surface area contributed by atoms with Crippen LogP contribution in [0.3, 0.4) is 0 Å². The van der Waals surface area contributed by atoms with Gasteiger partial charge in [0.1, 0.15) is 0 Å². The molecular weight excluding hydrogens is 216 g/mol. The fourth-order valence-corrected chi connectivity index (χ4v) is 2.48. The average Bonchev–Trinajstić information content (AvgIpc) is 2.73. The van der Waals surface area contributed by atoms with Gasteiger partial charge >= 0.3 is 5.97 Å². The van der Waals surface area contributed by atoms with Crippen molar-refractivity contribution in [2.24, 2.45) is 0 Å². The van der Waals surface area contributed by atoms with Gasteiger partial charge in [-0.1, -0.05) is 30.3 Å². The lowest BCUT2D eigenvalue weighted by Gasteiger charge is -2.25. The van der Waals surface area contributed by atoms with Crippen LogP contribution in [-0.4, -0.2) is 18.4 Å². The summed E-state index contributed by atoms with van der Waals surface area (Å²) in [5, 5.41) is 0. The Labute approximate surface area is 101 Å². The van der Waals surface area contributed by atoms with E-state index >= 15 is 0 Å². The summed E-state index contributed by atoms with van der Waals surface area (Å²) >= 11 is 0. The highest BCUT2D eigenvalue weighted by Crippen LogP contribution is 2.39. The zero-order valence-corrected chi connectivity index (χ0v) is 9.94. The van der Waals surface area contributed by atoms with Gasteiger partial charge in [0.2, 0.25) is 0 Å². The fourth-order valence-electron chi connectivity index (χ4n) is 2.48. The highest BCUT2D eigenvalue weighted by atomic mass is 16.5. The first-order valence-corrected chi connectivity index (χ1v) is 5.98. The SMILES string of the molecule is CCOC(=O)[C@]1(c2ccccc2)CCCC1=O. The molecule has 3 heteroatoms. The molecule has 2 rings (SSSR count). The number of carbonyl (C=O) groups is 2. The highest BCUT2D eigenvalue weighted by Gasteiger charge is 2.51. The minimum atomic E-state index is -1.04. The van der Waals surface area contributed by atoms with Crippen LogP contribution in [0.5, 0.6) is 0 Å². The summed E-state index contributed by atoms with van der Waals surface area (Å²) < 4.78 is 5.09. The Kier molecular flexibility index (Phi) is 3.27. The molecule has 0 bridgehead atoms. The lowest BCUT2D eigenvalue weighted by Crippen LogP contribution is -2.41. The van der Waals surface area contributed by atoms with Gasteiger partial charge in [0.15, 0.2) is 11.2 Å². The lowest BCUT2D eigenvalue weighted by molar-refractivity contribution is -0.153. The number of hydrogen-bond donors (Lipinski definition) is 0. The molecule has 1 atom stereocenters. The van der Waals surface area contributed by atoms with E-state index in [2.05, 4.69) is 0 Å². The molecule has 1 aromatic rings. The Balaban J connectivity index is 2.45. The predicted molar refractivity (Wildman–Crippen MR) is 63.6 cm³/mol. The predicted octanol–water partition coefficient (Wildman–Crippen LogP) is 2.24. The molecule has 1 fully saturated rings. The zero-order valence-electron chi connectivity index (χ0n) is 9.94. The van der Waals surface area contributed by atoms with Crippen LogP contribution in [0.15, 0.2) is 30.3 Å². The number of hydrogen-bond acceptors (Lipinski definition) is 3. The molecule has 0 heterocycles. The first-order chi connectivity index (χ1) is 8.21. The van der Waals surface area contributed by atoms with Crippen LogP contribution in [0.1, 0.15) is 31.7 Å². The van der Waals surface area contributed by atoms with Gasteiger partial charge in [-0.2, -0.15) is 0 Å². The summed E-state index contributed by atoms with van der Waals surface area (Å²) in [4.78, 5) is 24.2. The number of rotatable bonds is 3. The summed E-state index contributed by atoms with van der Waals surface area (Å²) in [7, 11) is 0. The molecule has 0 amide bonds. The van der Waals surface area contributed by atoms with Gasteiger partial charge < -0.3 is 4.74 Å². The van der Waals surface area contributed by atoms with E-state index < -0.39 is 11.4 Å². The minimum absolute atomic E-state index is 0.0119. The largest absolute Gasteiger partial charge is 0.465 e. The Morgan fingerprint density at radius 3 is 2.59 bits per heavy atom. The Morgan fingerprint density at radius 1 is 1.35 bits per heavy atom. The van der Waals surface area contributed by atoms with Crippen molar-refractivity contribution in [1.29, 1.82) is 0 Å². The van der Waals surface area contributed by atoms with Gasteiger partial charge in [-0.3, -0.25) is 9.59 Å². The molecule has 1 aromatic carbocycles. The molecule has 0 spiro atoms. The van der Waals surface area contributed by atoms with E-state index in [9.17, 15) is 9.59 Å². The topological polar surface area (TPSA) is 43.4 Å². The summed E-state index contributed by atoms with van der Waals surface area (Å²) in [5.74, 6) is -0.407. The molecule has 0 aromatic heterocycles. The molecule has 0 saturated heterocycles. The monoisotopic (exact) mass is 232 g/mol. The second kappa shape index (κ2) is 4.70. The standard InChI is InChI=1S/C14H16O3/c1-2-17-13(16)14(10-6-9-12(14)15)11-7-4-3-5-8-11/h3-5,7-8H,2,6,9-10H2,1H3/t14-/m0/s1. The number of benzene rings is 1. The van der Waals surface area contributed by atoms with Crippen molar-refractivity contribution in [3.8, 4) is 0 Å². The molecule has 0 aliphatic heterocycles. The lowest BCUT2D eigenvalue weighted by atomic mass is 9.78. The van der Waals surface area contributed by atoms with E-state index in [1.54, 1.807) is 6.92 Å². The third kappa shape index (κ3) is 1.86. The molecule has 3 nitrogen and oxygen atoms in total. The number of Topliss-reactive ketones (excluding diaryl/α,β-unsaturated/α-hetero) is 1. The van der Waals surface area contributed by atoms with Crippen LogP contribution in [0.4, 0.5) is 0 Å². The van der Waals surface area contributed by atoms with Gasteiger partial charge in [-0.25, -0.2) is 0 Å². The Hall–Kier alpha value is -1.64. The first-order valence-electron chi connectivity index (χ1n) is 5.98. The van der Waals surface area contributed by atoms with Crippen molar-refractivity contribution in [2.45, 2.75) is 31.6 Å². The summed E-state index contributed by atoms with van der Waals surface area (Å²) in [6.07, 6.45) is 1.79. The van der Waals surface area contributed by atoms with Crippen molar-refractivity contribution in [1.82, 2.24) is 0 Å². The molecule has 0 unspecified atom stereocenters. The van der Waals surface area contributed by atoms with Crippen molar-refractivity contribution < 1.29 is 14.3 Å². The summed E-state index contributed by atoms with van der Waals surface area (Å²) in [6, 6.07) is 9.24. The molecule has 90 valence electrons. The van der Waals surface area contributed by atoms with Crippen LogP contribution in [0.2, 0.25) is 0 Å². The number of ether oxygens (including phenoxy) is 1. The van der Waals surface area contributed by atoms with E-state index in [0.29, 0.717) is 19.4 Å². The van der Waals surface area contributed by atoms with E-state index in [4.69, 9.17) is 4.74 Å². The van der Waals surface area contributed by atoms with Crippen LogP contribution >= 0.6 is 0 Å². The summed E-state index contributed by atoms with van der Waals surface area (Å²) in [6.45, 7) is 2.07. The van der Waals surface area contributed by atoms with E-state index in [0.717, 1.165) is 12.0 Å². The second-order valence-corrected chi connectivity index (χ2v) is 4.27. The van der Waals surface area contributed by atoms with Gasteiger partial charge in [-0.15, -0.1) is 0 Å². The van der Waals surface area contributed by atoms with Gasteiger partial charge in [-0.05, 0) is 25.3 Å². The Morgan fingerprint density at radius 2 is 2.06 bits per heavy atom.